The lowest BCUT2D eigenvalue weighted by Gasteiger charge is -2.14. The van der Waals surface area contributed by atoms with Crippen LogP contribution >= 0.6 is 0 Å². The molecule has 0 spiro atoms. The Morgan fingerprint density at radius 1 is 1.07 bits per heavy atom. The number of carbonyl (C=O) groups excluding carboxylic acids is 2. The maximum atomic E-state index is 12.3. The van der Waals surface area contributed by atoms with Crippen molar-refractivity contribution in [1.29, 1.82) is 0 Å². The van der Waals surface area contributed by atoms with E-state index < -0.39 is 24.5 Å². The van der Waals surface area contributed by atoms with Crippen LogP contribution in [0.25, 0.3) is 17.3 Å². The maximum absolute atomic E-state index is 12.3. The van der Waals surface area contributed by atoms with Crippen LogP contribution in [0.3, 0.4) is 0 Å². The van der Waals surface area contributed by atoms with Gasteiger partial charge in [-0.15, -0.1) is 0 Å². The lowest BCUT2D eigenvalue weighted by molar-refractivity contribution is -0.124. The van der Waals surface area contributed by atoms with Gasteiger partial charge in [0, 0.05) is 12.1 Å². The molecule has 3 aromatic rings. The zero-order chi connectivity index (χ0) is 19.8. The van der Waals surface area contributed by atoms with E-state index >= 15 is 0 Å². The van der Waals surface area contributed by atoms with E-state index in [2.05, 4.69) is 20.8 Å². The molecule has 0 aliphatic rings. The van der Waals surface area contributed by atoms with Crippen LogP contribution in [0.1, 0.15) is 5.56 Å². The summed E-state index contributed by atoms with van der Waals surface area (Å²) in [4.78, 5) is 24.4. The topological polar surface area (TPSA) is 107 Å². The van der Waals surface area contributed by atoms with Gasteiger partial charge in [-0.2, -0.15) is 5.10 Å². The van der Waals surface area contributed by atoms with E-state index in [4.69, 9.17) is 0 Å². The van der Waals surface area contributed by atoms with Crippen molar-refractivity contribution < 1.29 is 14.7 Å². The molecule has 7 heteroatoms. The van der Waals surface area contributed by atoms with Gasteiger partial charge in [0.1, 0.15) is 6.04 Å². The van der Waals surface area contributed by atoms with Crippen LogP contribution in [-0.2, 0) is 9.59 Å². The molecule has 0 aliphatic heterocycles. The molecular formula is C21H20N4O3. The van der Waals surface area contributed by atoms with Crippen molar-refractivity contribution in [2.45, 2.75) is 6.04 Å². The second kappa shape index (κ2) is 9.29. The molecule has 142 valence electrons. The zero-order valence-corrected chi connectivity index (χ0v) is 15.0. The number of aliphatic hydroxyl groups excluding tert-OH is 1. The summed E-state index contributed by atoms with van der Waals surface area (Å²) >= 11 is 0. The first kappa shape index (κ1) is 19.1. The van der Waals surface area contributed by atoms with E-state index in [0.29, 0.717) is 5.82 Å². The molecule has 28 heavy (non-hydrogen) atoms. The Morgan fingerprint density at radius 3 is 2.43 bits per heavy atom. The van der Waals surface area contributed by atoms with E-state index in [-0.39, 0.29) is 0 Å². The Bertz CT molecular complexity index is 952. The fourth-order valence-corrected chi connectivity index (χ4v) is 2.51. The van der Waals surface area contributed by atoms with Gasteiger partial charge in [-0.3, -0.25) is 14.7 Å². The molecule has 0 aliphatic carbocycles. The molecule has 3 rings (SSSR count). The van der Waals surface area contributed by atoms with Crippen molar-refractivity contribution in [2.24, 2.45) is 0 Å². The number of H-pyrrole nitrogens is 1. The number of aromatic amines is 1. The predicted molar refractivity (Wildman–Crippen MR) is 107 cm³/mol. The van der Waals surface area contributed by atoms with Gasteiger partial charge in [-0.1, -0.05) is 60.7 Å². The highest BCUT2D eigenvalue weighted by Gasteiger charge is 2.20. The normalized spacial score (nSPS) is 11.9. The monoisotopic (exact) mass is 376 g/mol. The number of hydrogen-bond donors (Lipinski definition) is 4. The molecule has 1 heterocycles. The zero-order valence-electron chi connectivity index (χ0n) is 15.0. The number of nitrogens with zero attached hydrogens (tertiary/aromatic N) is 1. The molecule has 0 fully saturated rings. The van der Waals surface area contributed by atoms with Gasteiger partial charge >= 0.3 is 0 Å². The van der Waals surface area contributed by atoms with E-state index in [1.54, 1.807) is 12.1 Å². The number of benzene rings is 2. The first-order chi connectivity index (χ1) is 13.7. The molecule has 0 saturated heterocycles. The number of aliphatic hydroxyl groups is 1. The third-order valence-electron chi connectivity index (χ3n) is 3.96. The molecule has 0 bridgehead atoms. The first-order valence-corrected chi connectivity index (χ1v) is 8.72. The van der Waals surface area contributed by atoms with E-state index in [1.807, 2.05) is 60.7 Å². The largest absolute Gasteiger partial charge is 0.394 e. The highest BCUT2D eigenvalue weighted by atomic mass is 16.3. The molecule has 7 nitrogen and oxygen atoms in total. The average Bonchev–Trinajstić information content (AvgIpc) is 3.20. The molecule has 1 atom stereocenters. The van der Waals surface area contributed by atoms with Gasteiger partial charge in [0.15, 0.2) is 5.82 Å². The number of aromatic nitrogens is 2. The average molecular weight is 376 g/mol. The lowest BCUT2D eigenvalue weighted by atomic mass is 10.1. The van der Waals surface area contributed by atoms with E-state index in [0.717, 1.165) is 16.8 Å². The van der Waals surface area contributed by atoms with Crippen molar-refractivity contribution in [1.82, 2.24) is 15.5 Å². The van der Waals surface area contributed by atoms with Crippen LogP contribution in [-0.4, -0.2) is 39.8 Å². The lowest BCUT2D eigenvalue weighted by Crippen LogP contribution is -2.45. The molecule has 1 aromatic heterocycles. The second-order valence-electron chi connectivity index (χ2n) is 6.01. The van der Waals surface area contributed by atoms with E-state index in [9.17, 15) is 14.7 Å². The summed E-state index contributed by atoms with van der Waals surface area (Å²) in [5, 5.41) is 21.4. The Morgan fingerprint density at radius 2 is 1.75 bits per heavy atom. The summed E-state index contributed by atoms with van der Waals surface area (Å²) in [5.74, 6) is -0.739. The Hall–Kier alpha value is -3.71. The molecule has 0 radical (unpaired) electrons. The summed E-state index contributed by atoms with van der Waals surface area (Å²) in [7, 11) is 0. The summed E-state index contributed by atoms with van der Waals surface area (Å²) < 4.78 is 0. The van der Waals surface area contributed by atoms with Gasteiger partial charge < -0.3 is 15.7 Å². The van der Waals surface area contributed by atoms with Crippen LogP contribution < -0.4 is 10.6 Å². The minimum Gasteiger partial charge on any atom is -0.394 e. The van der Waals surface area contributed by atoms with Crippen molar-refractivity contribution >= 4 is 23.7 Å². The molecule has 2 aromatic carbocycles. The number of hydrogen-bond acceptors (Lipinski definition) is 4. The standard InChI is InChI=1S/C21H20N4O3/c26-14-18(22-20(27)12-11-15-7-3-1-4-8-15)21(28)23-19-13-17(24-25-19)16-9-5-2-6-10-16/h1-13,18,26H,14H2,(H,22,27)(H2,23,24,25,28). The fraction of sp³-hybridized carbons (Fsp3) is 0.0952. The van der Waals surface area contributed by atoms with Crippen LogP contribution in [0, 0.1) is 0 Å². The van der Waals surface area contributed by atoms with Gasteiger partial charge in [0.2, 0.25) is 5.91 Å². The minimum absolute atomic E-state index is 0.302. The van der Waals surface area contributed by atoms with Gasteiger partial charge in [0.25, 0.3) is 5.91 Å². The summed E-state index contributed by atoms with van der Waals surface area (Å²) in [6.45, 7) is -0.535. The quantitative estimate of drug-likeness (QED) is 0.474. The van der Waals surface area contributed by atoms with Crippen molar-refractivity contribution in [3.8, 4) is 11.3 Å². The summed E-state index contributed by atoms with van der Waals surface area (Å²) in [5.41, 5.74) is 2.52. The molecule has 2 amide bonds. The smallest absolute Gasteiger partial charge is 0.250 e. The van der Waals surface area contributed by atoms with Crippen LogP contribution in [0.4, 0.5) is 5.82 Å². The number of carbonyl (C=O) groups is 2. The highest BCUT2D eigenvalue weighted by Crippen LogP contribution is 2.19. The second-order valence-corrected chi connectivity index (χ2v) is 6.01. The number of rotatable bonds is 7. The third kappa shape index (κ3) is 5.15. The SMILES string of the molecule is O=C(C=Cc1ccccc1)NC(CO)C(=O)Nc1cc(-c2ccccc2)[nH]n1. The molecule has 0 saturated carbocycles. The van der Waals surface area contributed by atoms with Crippen molar-refractivity contribution in [3.05, 3.63) is 78.4 Å². The first-order valence-electron chi connectivity index (χ1n) is 8.72. The summed E-state index contributed by atoms with van der Waals surface area (Å²) in [6, 6.07) is 19.4. The summed E-state index contributed by atoms with van der Waals surface area (Å²) in [6.07, 6.45) is 2.94. The molecule has 4 N–H and O–H groups in total. The van der Waals surface area contributed by atoms with Gasteiger partial charge in [-0.25, -0.2) is 0 Å². The third-order valence-corrected chi connectivity index (χ3v) is 3.96. The maximum Gasteiger partial charge on any atom is 0.250 e. The molecule has 1 unspecified atom stereocenters. The fourth-order valence-electron chi connectivity index (χ4n) is 2.51. The van der Waals surface area contributed by atoms with Crippen molar-refractivity contribution in [3.63, 3.8) is 0 Å². The van der Waals surface area contributed by atoms with Crippen LogP contribution in [0.15, 0.2) is 72.8 Å². The van der Waals surface area contributed by atoms with Crippen LogP contribution in [0.5, 0.6) is 0 Å². The number of nitrogens with one attached hydrogen (secondary N) is 3. The predicted octanol–water partition coefficient (Wildman–Crippen LogP) is 2.21. The van der Waals surface area contributed by atoms with E-state index in [1.165, 1.54) is 6.08 Å². The van der Waals surface area contributed by atoms with Crippen LogP contribution in [0.2, 0.25) is 0 Å². The Balaban J connectivity index is 1.58. The Labute approximate surface area is 162 Å². The number of anilines is 1. The Kier molecular flexibility index (Phi) is 6.33. The molecular weight excluding hydrogens is 356 g/mol. The van der Waals surface area contributed by atoms with Gasteiger partial charge in [-0.05, 0) is 17.2 Å². The van der Waals surface area contributed by atoms with Gasteiger partial charge in [0.05, 0.1) is 12.3 Å². The highest BCUT2D eigenvalue weighted by molar-refractivity contribution is 5.99. The minimum atomic E-state index is -1.09. The number of amides is 2. The van der Waals surface area contributed by atoms with Crippen molar-refractivity contribution in [2.75, 3.05) is 11.9 Å².